The maximum atomic E-state index is 13.0. The number of nitrogens with one attached hydrogen (secondary N) is 3. The van der Waals surface area contributed by atoms with Crippen molar-refractivity contribution in [1.29, 1.82) is 0 Å². The maximum Gasteiger partial charge on any atom is 0.407 e. The normalized spacial score (nSPS) is 14.6. The number of pyridine rings is 8. The van der Waals surface area contributed by atoms with Gasteiger partial charge in [-0.25, -0.2) is 44.3 Å². The van der Waals surface area contributed by atoms with Crippen molar-refractivity contribution in [2.24, 2.45) is 23.3 Å². The number of halogens is 2. The van der Waals surface area contributed by atoms with E-state index in [0.29, 0.717) is 71.1 Å². The molecule has 2 aromatic carbocycles. The molecule has 8 aromatic heterocycles. The number of nitrogens with zero attached hydrogens (tertiary/aromatic N) is 17. The van der Waals surface area contributed by atoms with Crippen molar-refractivity contribution in [1.82, 2.24) is 80.3 Å². The van der Waals surface area contributed by atoms with Crippen LogP contribution in [-0.2, 0) is 17.8 Å². The molecule has 0 unspecified atom stereocenters. The first-order chi connectivity index (χ1) is 73.0. The number of Topliss-reactive ketones (excluding diaryl/α,β-unsaturated/α-hetero) is 1. The lowest BCUT2D eigenvalue weighted by atomic mass is 9.89. The SMILES string of the molecule is CC(C)(C)OC(=O)NC1CCNCC1.CCN(C)C(=O)c1ccc(Cl)nc1.CCN(C)C(=O)c1ccc(N2CCC(C)CC2)nc1.CCN(C)C(=O)c1ccc(N2CCC(N)CC2)nc1.CCN(C)Cc1ccc(N2CCC(CC(=O)c3cccc(-c4cccnc4)c3)CC2)nc1.CCN(C)Cc1ccc(N2CCC(N)CC2)nc1.CCNC.O=C(O)c1ccc(Cl)nc1.O=C(O)c1cccc(-c2cccnc2)c1.[3HH].[3HH].[3H][3H].[3H][3H].[3H][3H].[3H][3H]. The highest BCUT2D eigenvalue weighted by molar-refractivity contribution is 6.29. The number of hydrogen-bond acceptors (Lipinski definition) is 26. The van der Waals surface area contributed by atoms with E-state index < -0.39 is 17.5 Å². The second-order valence-corrected chi connectivity index (χ2v) is 38.0. The summed E-state index contributed by atoms with van der Waals surface area (Å²) in [7, 11) is 11.5. The lowest BCUT2D eigenvalue weighted by Gasteiger charge is -2.32. The van der Waals surface area contributed by atoms with E-state index in [9.17, 15) is 33.6 Å². The highest BCUT2D eigenvalue weighted by atomic mass is 35.5. The Morgan fingerprint density at radius 1 is 0.444 bits per heavy atom. The molecular formula is C110H166Cl2N22O10. The predicted molar refractivity (Wildman–Crippen MR) is 592 cm³/mol. The van der Waals surface area contributed by atoms with Crippen molar-refractivity contribution >= 4 is 88.0 Å². The highest BCUT2D eigenvalue weighted by Crippen LogP contribution is 2.30. The largest absolute Gasteiger partial charge is 0.478 e. The minimum Gasteiger partial charge on any atom is -0.478 e. The maximum absolute atomic E-state index is 13.0. The number of ether oxygens (including phenoxy) is 1. The Morgan fingerprint density at radius 2 is 0.799 bits per heavy atom. The Hall–Kier alpha value is -12.5. The molecule has 9 N–H and O–H groups in total. The molecule has 4 amide bonds. The monoisotopic (exact) mass is 2050 g/mol. The van der Waals surface area contributed by atoms with Gasteiger partial charge in [-0.3, -0.25) is 29.1 Å². The third-order valence-electron chi connectivity index (χ3n) is 24.9. The summed E-state index contributed by atoms with van der Waals surface area (Å²) in [5.74, 6) is 3.63. The van der Waals surface area contributed by atoms with Gasteiger partial charge < -0.3 is 86.5 Å². The number of alkyl carbamates (subject to hydrolysis) is 1. The third kappa shape index (κ3) is 42.8. The molecule has 0 atom stereocenters. The van der Waals surface area contributed by atoms with Gasteiger partial charge in [0.05, 0.1) is 27.8 Å². The van der Waals surface area contributed by atoms with Crippen molar-refractivity contribution < 1.29 is 63.2 Å². The van der Waals surface area contributed by atoms with Crippen molar-refractivity contribution in [3.8, 4) is 22.3 Å². The molecule has 13 heterocycles. The number of aromatic nitrogens is 8. The van der Waals surface area contributed by atoms with Crippen molar-refractivity contribution in [2.45, 2.75) is 177 Å². The van der Waals surface area contributed by atoms with Crippen LogP contribution in [0, 0.1) is 11.8 Å². The Balaban J connectivity index is 0.000000882. The van der Waals surface area contributed by atoms with E-state index in [2.05, 4.69) is 151 Å². The molecule has 15 rings (SSSR count). The van der Waals surface area contributed by atoms with E-state index in [1.165, 1.54) is 48.5 Å². The van der Waals surface area contributed by atoms with Gasteiger partial charge in [-0.15, -0.1) is 0 Å². The standard InChI is InChI=1S/C27H32N4O.C15H23N3O.C14H22N4O.C14H24N4.C12H9NO2.C10H20N2O2.C9H11ClN2O.C6H4ClNO2.C3H9N.6H2/c1-3-30(2)20-22-9-10-27(29-18-22)31-14-11-21(12-15-31)16-26(32)24-7-4-6-23(17-24)25-8-5-13-28-19-25;1-4-17(3)15(19)13-5-6-14(16-11-13)18-9-7-12(2)8-10-18;1-3-17(2)14(19)11-4-5-13(16-10-11)18-8-6-12(15)7-9-18;1-3-17(2)11-12-4-5-14(16-10-12)18-8-6-13(15)7-9-18;14-12(15)10-4-1-3-9(7-10)11-5-2-6-13-8-11;1-10(2,3)14-9(13)12-8-4-6-11-7-5-8;1-3-12(2)9(13)7-4-5-8(10)11-6-7;7-5-2-1-4(3-8-5)6(9)10;1-3-4-2;;;;;;/h4-10,13,17-19,21H,3,11-12,14-16,20H2,1-2H3;5-6,11-12H,4,7-10H2,1-3H3;4-5,10,12H,3,6-9,15H2,1-2H3;4-5,10,13H,3,6-9,11,15H2,1-2H3;1-8H,(H,14,15);8,11H,4-7H2,1-3H3,(H,12,13);4-6H,3H2,1-2H3;1-3H,(H,9,10);4H,3H2,1-2H3;6*1H/i;;;;;;;;;4*1+2T;2*1+2. The second kappa shape index (κ2) is 63.6. The summed E-state index contributed by atoms with van der Waals surface area (Å²) in [5, 5.41) is 27.0. The average molecular weight is 2050 g/mol. The Bertz CT molecular complexity index is 5370. The molecule has 5 aliphatic rings. The number of carboxylic acid groups (broad SMARTS) is 2. The molecule has 0 bridgehead atoms. The van der Waals surface area contributed by atoms with Crippen LogP contribution in [0.3, 0.4) is 0 Å². The van der Waals surface area contributed by atoms with Crippen LogP contribution < -0.4 is 47.0 Å². The summed E-state index contributed by atoms with van der Waals surface area (Å²) >= 11 is 11.0. The first kappa shape index (κ1) is 112. The van der Waals surface area contributed by atoms with E-state index in [-0.39, 0.29) is 49.6 Å². The number of anilines is 4. The molecule has 0 spiro atoms. The summed E-state index contributed by atoms with van der Waals surface area (Å²) < 4.78 is 45.2. The topological polar surface area (TPSA) is 390 Å². The zero-order chi connectivity index (χ0) is 113. The number of benzene rings is 2. The smallest absolute Gasteiger partial charge is 0.407 e. The number of rotatable bonds is 25. The number of amides is 4. The van der Waals surface area contributed by atoms with Crippen LogP contribution in [-0.4, -0.2) is 287 Å². The average Bonchev–Trinajstić information content (AvgIpc) is 0.844. The third-order valence-corrected chi connectivity index (χ3v) is 25.4. The van der Waals surface area contributed by atoms with Crippen LogP contribution in [0.5, 0.6) is 0 Å². The number of ketones is 1. The van der Waals surface area contributed by atoms with E-state index in [0.717, 1.165) is 207 Å². The molecule has 5 fully saturated rings. The van der Waals surface area contributed by atoms with E-state index in [1.807, 2.05) is 153 Å². The summed E-state index contributed by atoms with van der Waals surface area (Å²) in [5.41, 5.74) is 20.9. The van der Waals surface area contributed by atoms with Crippen LogP contribution in [0.2, 0.25) is 10.3 Å². The fraction of sp³-hybridized carbons (Fsp3) is 0.464. The van der Waals surface area contributed by atoms with Crippen molar-refractivity contribution in [2.75, 3.05) is 167 Å². The Kier molecular flexibility index (Phi) is 49.4. The van der Waals surface area contributed by atoms with Gasteiger partial charge in [0.1, 0.15) is 39.2 Å². The number of carboxylic acids is 2. The second-order valence-electron chi connectivity index (χ2n) is 37.2. The van der Waals surface area contributed by atoms with Gasteiger partial charge in [-0.05, 0) is 285 Å². The van der Waals surface area contributed by atoms with Gasteiger partial charge in [0.15, 0.2) is 5.78 Å². The van der Waals surface area contributed by atoms with Crippen LogP contribution in [0.1, 0.15) is 228 Å². The quantitative estimate of drug-likeness (QED) is 0.0206. The molecule has 5 saturated heterocycles. The molecule has 10 aromatic rings. The number of carbonyl (C=O) groups is 7. The number of nitrogens with two attached hydrogens (primary N) is 2. The van der Waals surface area contributed by atoms with E-state index >= 15 is 0 Å². The van der Waals surface area contributed by atoms with Crippen LogP contribution >= 0.6 is 23.2 Å². The van der Waals surface area contributed by atoms with E-state index in [1.54, 1.807) is 90.1 Å². The fourth-order valence-electron chi connectivity index (χ4n) is 15.2. The van der Waals surface area contributed by atoms with Crippen LogP contribution in [0.25, 0.3) is 22.3 Å². The predicted octanol–water partition coefficient (Wildman–Crippen LogP) is 18.7. The molecule has 0 radical (unpaired) electrons. The lowest BCUT2D eigenvalue weighted by Crippen LogP contribution is -2.44. The Labute approximate surface area is 878 Å². The van der Waals surface area contributed by atoms with Gasteiger partial charge in [-0.2, -0.15) is 0 Å². The summed E-state index contributed by atoms with van der Waals surface area (Å²) in [4.78, 5) is 133. The summed E-state index contributed by atoms with van der Waals surface area (Å²) in [6.45, 7) is 37.2. The molecule has 34 heteroatoms. The zero-order valence-electron chi connectivity index (χ0n) is 95.2. The zero-order valence-corrected chi connectivity index (χ0v) is 88.7. The Morgan fingerprint density at radius 3 is 1.13 bits per heavy atom. The molecule has 0 saturated carbocycles. The van der Waals surface area contributed by atoms with Gasteiger partial charge in [0, 0.05) is 224 Å². The molecule has 790 valence electrons. The number of carbonyl (C=O) groups excluding carboxylic acids is 5. The fourth-order valence-corrected chi connectivity index (χ4v) is 15.4. The van der Waals surface area contributed by atoms with Crippen LogP contribution in [0.4, 0.5) is 28.1 Å². The first-order valence-corrected chi connectivity index (χ1v) is 50.9. The first-order valence-electron chi connectivity index (χ1n) is 54.1. The van der Waals surface area contributed by atoms with Crippen LogP contribution in [0.15, 0.2) is 208 Å². The number of aromatic carboxylic acids is 2. The minimum atomic E-state index is -0.996. The lowest BCUT2D eigenvalue weighted by molar-refractivity contribution is 0.0493. The molecule has 0 aliphatic carbocycles. The molecule has 144 heavy (non-hydrogen) atoms. The molecular weight excluding hydrogens is 1860 g/mol. The molecule has 32 nitrogen and oxygen atoms in total. The summed E-state index contributed by atoms with van der Waals surface area (Å²) in [6, 6.07) is 45.7. The summed E-state index contributed by atoms with van der Waals surface area (Å²) in [6.07, 6.45) is 28.0. The van der Waals surface area contributed by atoms with Crippen molar-refractivity contribution in [3.05, 3.63) is 262 Å². The number of piperidine rings is 5. The minimum absolute atomic E-state index is 0. The van der Waals surface area contributed by atoms with Crippen molar-refractivity contribution in [3.63, 3.8) is 0 Å². The molecule has 5 aliphatic heterocycles. The highest BCUT2D eigenvalue weighted by Gasteiger charge is 2.27. The number of hydrogen-bond donors (Lipinski definition) is 7. The van der Waals surface area contributed by atoms with Gasteiger partial charge in [0.2, 0.25) is 0 Å². The van der Waals surface area contributed by atoms with Gasteiger partial charge in [0.25, 0.3) is 17.7 Å². The van der Waals surface area contributed by atoms with Gasteiger partial charge >= 0.3 is 18.0 Å². The van der Waals surface area contributed by atoms with Gasteiger partial charge in [-0.1, -0.05) is 105 Å². The van der Waals surface area contributed by atoms with E-state index in [4.69, 9.17) is 61.5 Å².